The van der Waals surface area contributed by atoms with Crippen molar-refractivity contribution >= 4 is 27.7 Å². The molecule has 0 radical (unpaired) electrons. The predicted octanol–water partition coefficient (Wildman–Crippen LogP) is 4.40. The molecule has 0 atom stereocenters. The maximum atomic E-state index is 12.9. The quantitative estimate of drug-likeness (QED) is 0.456. The highest BCUT2D eigenvalue weighted by Crippen LogP contribution is 2.19. The number of nitrogens with one attached hydrogen (secondary N) is 1. The molecule has 0 saturated carbocycles. The van der Waals surface area contributed by atoms with Crippen LogP contribution < -0.4 is 10.7 Å². The molecule has 0 aliphatic heterocycles. The van der Waals surface area contributed by atoms with Crippen LogP contribution in [0.4, 0.5) is 0 Å². The third kappa shape index (κ3) is 4.52. The van der Waals surface area contributed by atoms with E-state index in [-0.39, 0.29) is 24.0 Å². The van der Waals surface area contributed by atoms with Gasteiger partial charge in [0.15, 0.2) is 5.43 Å². The van der Waals surface area contributed by atoms with E-state index in [1.165, 1.54) is 0 Å². The first-order valence-corrected chi connectivity index (χ1v) is 10.5. The normalized spacial score (nSPS) is 11.3. The van der Waals surface area contributed by atoms with Crippen LogP contribution in [0.2, 0.25) is 0 Å². The average molecular weight is 415 g/mol. The van der Waals surface area contributed by atoms with Gasteiger partial charge in [-0.25, -0.2) is 0 Å². The maximum absolute atomic E-state index is 12.9. The minimum absolute atomic E-state index is 0.0121. The predicted molar refractivity (Wildman–Crippen MR) is 124 cm³/mol. The second-order valence-electron chi connectivity index (χ2n) is 7.85. The van der Waals surface area contributed by atoms with E-state index in [1.807, 2.05) is 91.2 Å². The first kappa shape index (κ1) is 20.8. The minimum Gasteiger partial charge on any atom is -0.374 e. The van der Waals surface area contributed by atoms with Crippen LogP contribution in [0.3, 0.4) is 0 Å². The lowest BCUT2D eigenvalue weighted by Gasteiger charge is -2.16. The number of hydrogen-bond acceptors (Lipinski definition) is 3. The van der Waals surface area contributed by atoms with Crippen LogP contribution in [-0.4, -0.2) is 16.6 Å². The molecule has 5 heteroatoms. The second-order valence-corrected chi connectivity index (χ2v) is 7.85. The zero-order valence-electron chi connectivity index (χ0n) is 17.8. The summed E-state index contributed by atoms with van der Waals surface area (Å²) in [6.07, 6.45) is 0.143. The summed E-state index contributed by atoms with van der Waals surface area (Å²) in [6, 6.07) is 22.8. The van der Waals surface area contributed by atoms with Crippen molar-refractivity contribution in [3.63, 3.8) is 0 Å². The molecule has 0 bridgehead atoms. The van der Waals surface area contributed by atoms with E-state index in [9.17, 15) is 9.59 Å². The van der Waals surface area contributed by atoms with Crippen molar-refractivity contribution in [3.05, 3.63) is 94.1 Å². The summed E-state index contributed by atoms with van der Waals surface area (Å²) in [7, 11) is 0. The molecule has 1 heterocycles. The van der Waals surface area contributed by atoms with Crippen molar-refractivity contribution in [1.29, 1.82) is 0 Å². The van der Waals surface area contributed by atoms with E-state index in [2.05, 4.69) is 5.32 Å². The monoisotopic (exact) mass is 414 g/mol. The first-order chi connectivity index (χ1) is 15.0. The SMILES string of the molecule is CC(C)OCc1ccccc1CNC(=O)Cn1c2ccccc2c(=O)c2ccccc21. The van der Waals surface area contributed by atoms with E-state index < -0.39 is 0 Å². The summed E-state index contributed by atoms with van der Waals surface area (Å²) in [4.78, 5) is 25.8. The molecule has 1 aromatic heterocycles. The zero-order chi connectivity index (χ0) is 21.8. The number of fused-ring (bicyclic) bond motifs is 2. The van der Waals surface area contributed by atoms with Crippen LogP contribution in [0.5, 0.6) is 0 Å². The molecule has 0 fully saturated rings. The molecule has 1 amide bonds. The third-order valence-corrected chi connectivity index (χ3v) is 5.35. The smallest absolute Gasteiger partial charge is 0.240 e. The number of carbonyl (C=O) groups excluding carboxylic acids is 1. The van der Waals surface area contributed by atoms with Crippen molar-refractivity contribution < 1.29 is 9.53 Å². The summed E-state index contributed by atoms with van der Waals surface area (Å²) in [5.41, 5.74) is 3.60. The number of para-hydroxylation sites is 2. The van der Waals surface area contributed by atoms with Gasteiger partial charge in [-0.15, -0.1) is 0 Å². The van der Waals surface area contributed by atoms with Gasteiger partial charge in [0.05, 0.1) is 23.7 Å². The Kier molecular flexibility index (Phi) is 6.14. The van der Waals surface area contributed by atoms with Gasteiger partial charge in [-0.2, -0.15) is 0 Å². The van der Waals surface area contributed by atoms with Gasteiger partial charge in [0, 0.05) is 17.3 Å². The largest absolute Gasteiger partial charge is 0.374 e. The topological polar surface area (TPSA) is 60.3 Å². The van der Waals surface area contributed by atoms with E-state index in [0.717, 1.165) is 22.2 Å². The summed E-state index contributed by atoms with van der Waals surface area (Å²) >= 11 is 0. The van der Waals surface area contributed by atoms with Crippen LogP contribution in [-0.2, 0) is 29.2 Å². The van der Waals surface area contributed by atoms with Crippen molar-refractivity contribution in [3.8, 4) is 0 Å². The van der Waals surface area contributed by atoms with Crippen LogP contribution in [0.15, 0.2) is 77.6 Å². The van der Waals surface area contributed by atoms with E-state index in [0.29, 0.717) is 23.9 Å². The van der Waals surface area contributed by atoms with E-state index in [1.54, 1.807) is 0 Å². The van der Waals surface area contributed by atoms with Crippen molar-refractivity contribution in [2.24, 2.45) is 0 Å². The zero-order valence-corrected chi connectivity index (χ0v) is 17.8. The van der Waals surface area contributed by atoms with Gasteiger partial charge in [-0.05, 0) is 49.2 Å². The standard InChI is InChI=1S/C26H26N2O3/c1-18(2)31-17-20-10-4-3-9-19(20)15-27-25(29)16-28-23-13-7-5-11-21(23)26(30)22-12-6-8-14-24(22)28/h3-14,18H,15-17H2,1-2H3,(H,27,29). The lowest BCUT2D eigenvalue weighted by molar-refractivity contribution is -0.121. The number of rotatable bonds is 7. The number of hydrogen-bond donors (Lipinski definition) is 1. The molecule has 0 aliphatic carbocycles. The molecular formula is C26H26N2O3. The fraction of sp³-hybridized carbons (Fsp3) is 0.231. The van der Waals surface area contributed by atoms with E-state index >= 15 is 0 Å². The van der Waals surface area contributed by atoms with Crippen LogP contribution in [0, 0.1) is 0 Å². The van der Waals surface area contributed by atoms with Gasteiger partial charge in [-0.3, -0.25) is 9.59 Å². The van der Waals surface area contributed by atoms with Crippen molar-refractivity contribution in [2.75, 3.05) is 0 Å². The molecule has 4 aromatic rings. The number of ether oxygens (including phenoxy) is 1. The fourth-order valence-electron chi connectivity index (χ4n) is 3.77. The minimum atomic E-state index is -0.112. The summed E-state index contributed by atoms with van der Waals surface area (Å²) < 4.78 is 7.64. The highest BCUT2D eigenvalue weighted by atomic mass is 16.5. The van der Waals surface area contributed by atoms with Crippen molar-refractivity contribution in [1.82, 2.24) is 9.88 Å². The molecule has 4 rings (SSSR count). The Balaban J connectivity index is 1.59. The highest BCUT2D eigenvalue weighted by Gasteiger charge is 2.13. The Hall–Kier alpha value is -3.44. The summed E-state index contributed by atoms with van der Waals surface area (Å²) in [6.45, 7) is 5.07. The second kappa shape index (κ2) is 9.14. The lowest BCUT2D eigenvalue weighted by atomic mass is 10.1. The van der Waals surface area contributed by atoms with Gasteiger partial charge in [0.1, 0.15) is 6.54 Å². The molecule has 5 nitrogen and oxygen atoms in total. The maximum Gasteiger partial charge on any atom is 0.240 e. The Bertz CT molecular complexity index is 1230. The molecule has 3 aromatic carbocycles. The molecular weight excluding hydrogens is 388 g/mol. The molecule has 1 N–H and O–H groups in total. The number of nitrogens with zero attached hydrogens (tertiary/aromatic N) is 1. The number of aromatic nitrogens is 1. The molecule has 0 unspecified atom stereocenters. The number of amides is 1. The fourth-order valence-corrected chi connectivity index (χ4v) is 3.77. The highest BCUT2D eigenvalue weighted by molar-refractivity contribution is 5.94. The van der Waals surface area contributed by atoms with Gasteiger partial charge in [0.25, 0.3) is 0 Å². The van der Waals surface area contributed by atoms with Gasteiger partial charge in [-0.1, -0.05) is 48.5 Å². The first-order valence-electron chi connectivity index (χ1n) is 10.5. The van der Waals surface area contributed by atoms with Crippen LogP contribution >= 0.6 is 0 Å². The molecule has 158 valence electrons. The Morgan fingerprint density at radius 2 is 1.42 bits per heavy atom. The summed E-state index contributed by atoms with van der Waals surface area (Å²) in [5, 5.41) is 4.26. The average Bonchev–Trinajstić information content (AvgIpc) is 2.79. The third-order valence-electron chi connectivity index (χ3n) is 5.35. The number of benzene rings is 3. The van der Waals surface area contributed by atoms with Gasteiger partial charge in [0.2, 0.25) is 5.91 Å². The molecule has 0 saturated heterocycles. The number of carbonyl (C=O) groups is 1. The lowest BCUT2D eigenvalue weighted by Crippen LogP contribution is -2.28. The van der Waals surface area contributed by atoms with Gasteiger partial charge >= 0.3 is 0 Å². The Labute approximate surface area is 181 Å². The Morgan fingerprint density at radius 1 is 0.871 bits per heavy atom. The number of pyridine rings is 1. The van der Waals surface area contributed by atoms with E-state index in [4.69, 9.17) is 4.74 Å². The van der Waals surface area contributed by atoms with Crippen molar-refractivity contribution in [2.45, 2.75) is 39.6 Å². The molecule has 31 heavy (non-hydrogen) atoms. The summed E-state index contributed by atoms with van der Waals surface area (Å²) in [5.74, 6) is -0.112. The van der Waals surface area contributed by atoms with Gasteiger partial charge < -0.3 is 14.6 Å². The van der Waals surface area contributed by atoms with Crippen LogP contribution in [0.1, 0.15) is 25.0 Å². The van der Waals surface area contributed by atoms with Crippen LogP contribution in [0.25, 0.3) is 21.8 Å². The molecule has 0 spiro atoms. The molecule has 0 aliphatic rings. The Morgan fingerprint density at radius 3 is 2.03 bits per heavy atom.